The van der Waals surface area contributed by atoms with Crippen LogP contribution in [0.2, 0.25) is 4.34 Å². The summed E-state index contributed by atoms with van der Waals surface area (Å²) in [6.45, 7) is 0.714. The first-order valence-electron chi connectivity index (χ1n) is 4.87. The van der Waals surface area contributed by atoms with Crippen LogP contribution in [-0.2, 0) is 11.3 Å². The lowest BCUT2D eigenvalue weighted by molar-refractivity contribution is -0.146. The Bertz CT molecular complexity index is 366. The Kier molecular flexibility index (Phi) is 3.29. The largest absolute Gasteiger partial charge is 0.481 e. The molecule has 0 aromatic carbocycles. The van der Waals surface area contributed by atoms with Gasteiger partial charge in [-0.2, -0.15) is 0 Å². The average Bonchev–Trinajstić information content (AvgIpc) is 2.48. The number of hydrogen-bond acceptors (Lipinski definition) is 3. The highest BCUT2D eigenvalue weighted by Crippen LogP contribution is 2.28. The van der Waals surface area contributed by atoms with Gasteiger partial charge in [0, 0.05) is 17.5 Å². The third-order valence-electron chi connectivity index (χ3n) is 2.76. The predicted molar refractivity (Wildman–Crippen MR) is 60.3 cm³/mol. The van der Waals surface area contributed by atoms with E-state index in [4.69, 9.17) is 16.7 Å². The number of carbonyl (C=O) groups is 1. The average molecular weight is 246 g/mol. The molecule has 0 saturated heterocycles. The molecule has 0 radical (unpaired) electrons. The highest BCUT2D eigenvalue weighted by atomic mass is 35.5. The Morgan fingerprint density at radius 1 is 1.60 bits per heavy atom. The van der Waals surface area contributed by atoms with Gasteiger partial charge in [-0.1, -0.05) is 11.6 Å². The second kappa shape index (κ2) is 4.51. The van der Waals surface area contributed by atoms with Crippen LogP contribution in [0, 0.1) is 5.92 Å². The summed E-state index contributed by atoms with van der Waals surface area (Å²) in [5.41, 5.74) is 0. The molecule has 1 fully saturated rings. The fourth-order valence-electron chi connectivity index (χ4n) is 1.72. The molecule has 0 amide bonds. The van der Waals surface area contributed by atoms with Gasteiger partial charge in [0.1, 0.15) is 0 Å². The molecule has 15 heavy (non-hydrogen) atoms. The zero-order valence-electron chi connectivity index (χ0n) is 8.07. The molecule has 1 aromatic rings. The Labute approximate surface area is 97.1 Å². The van der Waals surface area contributed by atoms with Crippen LogP contribution in [0.15, 0.2) is 12.1 Å². The molecule has 1 saturated carbocycles. The van der Waals surface area contributed by atoms with Crippen molar-refractivity contribution in [1.29, 1.82) is 0 Å². The Hall–Kier alpha value is -0.580. The number of rotatable bonds is 4. The fourth-order valence-corrected chi connectivity index (χ4v) is 2.76. The summed E-state index contributed by atoms with van der Waals surface area (Å²) >= 11 is 7.33. The van der Waals surface area contributed by atoms with Gasteiger partial charge in [-0.25, -0.2) is 0 Å². The minimum atomic E-state index is -0.692. The molecule has 1 heterocycles. The number of carboxylic acid groups (broad SMARTS) is 1. The molecule has 1 aliphatic rings. The van der Waals surface area contributed by atoms with Crippen molar-refractivity contribution < 1.29 is 9.90 Å². The molecule has 2 atom stereocenters. The molecule has 2 unspecified atom stereocenters. The quantitative estimate of drug-likeness (QED) is 0.856. The maximum atomic E-state index is 10.7. The lowest BCUT2D eigenvalue weighted by Gasteiger charge is -2.33. The minimum absolute atomic E-state index is 0.128. The second-order valence-corrected chi connectivity index (χ2v) is 5.51. The van der Waals surface area contributed by atoms with Crippen LogP contribution in [0.3, 0.4) is 0 Å². The van der Waals surface area contributed by atoms with E-state index in [0.717, 1.165) is 22.1 Å². The zero-order chi connectivity index (χ0) is 10.8. The first-order chi connectivity index (χ1) is 7.16. The highest BCUT2D eigenvalue weighted by molar-refractivity contribution is 7.16. The van der Waals surface area contributed by atoms with Crippen LogP contribution >= 0.6 is 22.9 Å². The van der Waals surface area contributed by atoms with E-state index in [1.54, 1.807) is 0 Å². The van der Waals surface area contributed by atoms with Gasteiger partial charge in [0.15, 0.2) is 0 Å². The van der Waals surface area contributed by atoms with Gasteiger partial charge in [0.25, 0.3) is 0 Å². The van der Waals surface area contributed by atoms with E-state index >= 15 is 0 Å². The Balaban J connectivity index is 1.81. The zero-order valence-corrected chi connectivity index (χ0v) is 9.64. The normalized spacial score (nSPS) is 24.9. The molecule has 2 N–H and O–H groups in total. The second-order valence-electron chi connectivity index (χ2n) is 3.72. The number of nitrogens with one attached hydrogen (secondary N) is 1. The SMILES string of the molecule is O=C(O)C1CCC1NCc1ccc(Cl)s1. The number of thiophene rings is 1. The molecule has 0 aliphatic heterocycles. The van der Waals surface area contributed by atoms with Crippen molar-refractivity contribution in [2.24, 2.45) is 5.92 Å². The summed E-state index contributed by atoms with van der Waals surface area (Å²) in [6.07, 6.45) is 1.74. The minimum Gasteiger partial charge on any atom is -0.481 e. The van der Waals surface area contributed by atoms with Crippen molar-refractivity contribution in [2.45, 2.75) is 25.4 Å². The summed E-state index contributed by atoms with van der Waals surface area (Å²) < 4.78 is 0.773. The van der Waals surface area contributed by atoms with E-state index in [0.29, 0.717) is 6.54 Å². The van der Waals surface area contributed by atoms with Crippen LogP contribution in [0.25, 0.3) is 0 Å². The van der Waals surface area contributed by atoms with Crippen molar-refractivity contribution in [2.75, 3.05) is 0 Å². The summed E-state index contributed by atoms with van der Waals surface area (Å²) in [7, 11) is 0. The molecule has 5 heteroatoms. The van der Waals surface area contributed by atoms with Gasteiger partial charge in [-0.15, -0.1) is 11.3 Å². The van der Waals surface area contributed by atoms with Crippen molar-refractivity contribution in [3.8, 4) is 0 Å². The fraction of sp³-hybridized carbons (Fsp3) is 0.500. The number of halogens is 1. The lowest BCUT2D eigenvalue weighted by atomic mass is 9.79. The molecule has 1 aromatic heterocycles. The summed E-state index contributed by atoms with van der Waals surface area (Å²) in [5, 5.41) is 12.1. The van der Waals surface area contributed by atoms with Crippen molar-refractivity contribution in [3.63, 3.8) is 0 Å². The van der Waals surface area contributed by atoms with E-state index in [1.807, 2.05) is 12.1 Å². The van der Waals surface area contributed by atoms with Crippen LogP contribution in [-0.4, -0.2) is 17.1 Å². The van der Waals surface area contributed by atoms with Crippen molar-refractivity contribution in [3.05, 3.63) is 21.3 Å². The van der Waals surface area contributed by atoms with Gasteiger partial charge >= 0.3 is 5.97 Å². The standard InChI is InChI=1S/C10H12ClNO2S/c11-9-4-1-6(15-9)5-12-8-3-2-7(8)10(13)14/h1,4,7-8,12H,2-3,5H2,(H,13,14). The lowest BCUT2D eigenvalue weighted by Crippen LogP contribution is -2.47. The first kappa shape index (κ1) is 10.9. The third-order valence-corrected chi connectivity index (χ3v) is 3.99. The van der Waals surface area contributed by atoms with Crippen LogP contribution in [0.5, 0.6) is 0 Å². The van der Waals surface area contributed by atoms with Gasteiger partial charge in [0.05, 0.1) is 10.3 Å². The van der Waals surface area contributed by atoms with Gasteiger partial charge < -0.3 is 10.4 Å². The Morgan fingerprint density at radius 3 is 2.87 bits per heavy atom. The van der Waals surface area contributed by atoms with Crippen LogP contribution in [0.1, 0.15) is 17.7 Å². The molecular weight excluding hydrogens is 234 g/mol. The number of aliphatic carboxylic acids is 1. The smallest absolute Gasteiger partial charge is 0.308 e. The number of hydrogen-bond donors (Lipinski definition) is 2. The summed E-state index contributed by atoms with van der Waals surface area (Å²) in [4.78, 5) is 11.9. The molecular formula is C10H12ClNO2S. The molecule has 3 nitrogen and oxygen atoms in total. The predicted octanol–water partition coefficient (Wildman–Crippen LogP) is 2.35. The van der Waals surface area contributed by atoms with E-state index in [1.165, 1.54) is 11.3 Å². The summed E-state index contributed by atoms with van der Waals surface area (Å²) in [5.74, 6) is -0.900. The monoisotopic (exact) mass is 245 g/mol. The molecule has 2 rings (SSSR count). The van der Waals surface area contributed by atoms with Gasteiger partial charge in [0.2, 0.25) is 0 Å². The maximum Gasteiger partial charge on any atom is 0.308 e. The Morgan fingerprint density at radius 2 is 2.40 bits per heavy atom. The third kappa shape index (κ3) is 2.51. The van der Waals surface area contributed by atoms with Gasteiger partial charge in [-0.05, 0) is 25.0 Å². The van der Waals surface area contributed by atoms with E-state index in [2.05, 4.69) is 5.32 Å². The first-order valence-corrected chi connectivity index (χ1v) is 6.06. The number of carboxylic acids is 1. The topological polar surface area (TPSA) is 49.3 Å². The van der Waals surface area contributed by atoms with Crippen molar-refractivity contribution in [1.82, 2.24) is 5.32 Å². The molecule has 0 spiro atoms. The molecule has 1 aliphatic carbocycles. The van der Waals surface area contributed by atoms with Crippen molar-refractivity contribution >= 4 is 28.9 Å². The highest BCUT2D eigenvalue weighted by Gasteiger charge is 2.35. The van der Waals surface area contributed by atoms with Crippen LogP contribution in [0.4, 0.5) is 0 Å². The van der Waals surface area contributed by atoms with Gasteiger partial charge in [-0.3, -0.25) is 4.79 Å². The summed E-state index contributed by atoms with van der Waals surface area (Å²) in [6, 6.07) is 3.95. The van der Waals surface area contributed by atoms with E-state index in [-0.39, 0.29) is 12.0 Å². The molecule has 82 valence electrons. The van der Waals surface area contributed by atoms with Crippen LogP contribution < -0.4 is 5.32 Å². The van der Waals surface area contributed by atoms with E-state index in [9.17, 15) is 4.79 Å². The maximum absolute atomic E-state index is 10.7. The molecule has 0 bridgehead atoms. The van der Waals surface area contributed by atoms with E-state index < -0.39 is 5.97 Å².